The highest BCUT2D eigenvalue weighted by atomic mass is 19.1. The van der Waals surface area contributed by atoms with E-state index in [4.69, 9.17) is 0 Å². The first-order valence-electron chi connectivity index (χ1n) is 8.57. The lowest BCUT2D eigenvalue weighted by Crippen LogP contribution is -2.33. The summed E-state index contributed by atoms with van der Waals surface area (Å²) < 4.78 is 13.1. The molecule has 0 amide bonds. The van der Waals surface area contributed by atoms with Gasteiger partial charge in [-0.1, -0.05) is 6.42 Å². The molecule has 0 aromatic heterocycles. The maximum atomic E-state index is 13.1. The van der Waals surface area contributed by atoms with E-state index in [-0.39, 0.29) is 5.82 Å². The molecular formula is C18H27FN2. The van der Waals surface area contributed by atoms with Gasteiger partial charge < -0.3 is 9.80 Å². The molecule has 1 aromatic rings. The van der Waals surface area contributed by atoms with Crippen LogP contribution in [0.3, 0.4) is 0 Å². The molecule has 2 nitrogen and oxygen atoms in total. The Hall–Kier alpha value is -1.09. The third-order valence-electron chi connectivity index (χ3n) is 5.03. The van der Waals surface area contributed by atoms with Crippen molar-refractivity contribution in [2.75, 3.05) is 31.1 Å². The Morgan fingerprint density at radius 2 is 1.38 bits per heavy atom. The Morgan fingerprint density at radius 1 is 0.762 bits per heavy atom. The van der Waals surface area contributed by atoms with Gasteiger partial charge in [0.15, 0.2) is 0 Å². The molecule has 21 heavy (non-hydrogen) atoms. The van der Waals surface area contributed by atoms with Crippen LogP contribution in [0.2, 0.25) is 0 Å². The predicted octanol–water partition coefficient (Wildman–Crippen LogP) is 4.06. The second-order valence-electron chi connectivity index (χ2n) is 6.50. The van der Waals surface area contributed by atoms with Crippen LogP contribution in [0.4, 0.5) is 10.1 Å². The lowest BCUT2D eigenvalue weighted by molar-refractivity contribution is 0.214. The largest absolute Gasteiger partial charge is 0.372 e. The summed E-state index contributed by atoms with van der Waals surface area (Å²) in [7, 11) is 0. The number of hydrogen-bond donors (Lipinski definition) is 0. The molecule has 0 N–H and O–H groups in total. The number of rotatable bonds is 2. The number of anilines is 1. The first kappa shape index (κ1) is 14.8. The molecule has 116 valence electrons. The molecular weight excluding hydrogens is 263 g/mol. The van der Waals surface area contributed by atoms with E-state index in [1.807, 2.05) is 12.1 Å². The molecule has 0 aliphatic carbocycles. The minimum Gasteiger partial charge on any atom is -0.372 e. The molecule has 2 fully saturated rings. The van der Waals surface area contributed by atoms with Gasteiger partial charge in [-0.15, -0.1) is 0 Å². The number of benzene rings is 1. The highest BCUT2D eigenvalue weighted by molar-refractivity contribution is 5.46. The zero-order valence-electron chi connectivity index (χ0n) is 12.9. The standard InChI is InChI=1S/C18H27FN2/c19-16-8-10-18(11-9-16)21-12-2-1-6-17(7-5-15-21)20-13-3-4-14-20/h8-11,17H,1-7,12-15H2. The van der Waals surface area contributed by atoms with E-state index in [9.17, 15) is 4.39 Å². The summed E-state index contributed by atoms with van der Waals surface area (Å²) in [5.74, 6) is -0.142. The summed E-state index contributed by atoms with van der Waals surface area (Å²) >= 11 is 0. The topological polar surface area (TPSA) is 6.48 Å². The monoisotopic (exact) mass is 290 g/mol. The van der Waals surface area contributed by atoms with Crippen LogP contribution in [0.5, 0.6) is 0 Å². The van der Waals surface area contributed by atoms with Crippen molar-refractivity contribution in [1.82, 2.24) is 4.90 Å². The third kappa shape index (κ3) is 3.97. The molecule has 0 saturated carbocycles. The van der Waals surface area contributed by atoms with E-state index in [2.05, 4.69) is 9.80 Å². The van der Waals surface area contributed by atoms with Crippen LogP contribution in [0.15, 0.2) is 24.3 Å². The van der Waals surface area contributed by atoms with Gasteiger partial charge in [0.05, 0.1) is 0 Å². The van der Waals surface area contributed by atoms with Crippen LogP contribution >= 0.6 is 0 Å². The van der Waals surface area contributed by atoms with Crippen molar-refractivity contribution in [3.63, 3.8) is 0 Å². The van der Waals surface area contributed by atoms with E-state index in [0.717, 1.165) is 19.1 Å². The van der Waals surface area contributed by atoms with Gasteiger partial charge >= 0.3 is 0 Å². The van der Waals surface area contributed by atoms with Gasteiger partial charge in [0.25, 0.3) is 0 Å². The highest BCUT2D eigenvalue weighted by Crippen LogP contribution is 2.24. The van der Waals surface area contributed by atoms with Crippen LogP contribution in [0, 0.1) is 5.82 Å². The lowest BCUT2D eigenvalue weighted by atomic mass is 10.0. The first-order chi connectivity index (χ1) is 10.3. The van der Waals surface area contributed by atoms with E-state index in [0.29, 0.717) is 0 Å². The Morgan fingerprint density at radius 3 is 2.14 bits per heavy atom. The normalized spacial score (nSPS) is 25.4. The van der Waals surface area contributed by atoms with Gasteiger partial charge in [-0.05, 0) is 75.9 Å². The molecule has 0 radical (unpaired) electrons. The molecule has 1 unspecified atom stereocenters. The first-order valence-corrected chi connectivity index (χ1v) is 8.57. The average molecular weight is 290 g/mol. The van der Waals surface area contributed by atoms with Crippen molar-refractivity contribution >= 4 is 5.69 Å². The molecule has 1 atom stereocenters. The molecule has 2 saturated heterocycles. The zero-order valence-corrected chi connectivity index (χ0v) is 12.9. The van der Waals surface area contributed by atoms with Gasteiger partial charge in [0.2, 0.25) is 0 Å². The molecule has 0 spiro atoms. The van der Waals surface area contributed by atoms with E-state index in [1.165, 1.54) is 63.7 Å². The summed E-state index contributed by atoms with van der Waals surface area (Å²) in [6.07, 6.45) is 9.27. The van der Waals surface area contributed by atoms with Gasteiger partial charge in [0.1, 0.15) is 5.82 Å². The minimum atomic E-state index is -0.142. The quantitative estimate of drug-likeness (QED) is 0.810. The second kappa shape index (κ2) is 7.26. The van der Waals surface area contributed by atoms with Crippen LogP contribution in [-0.4, -0.2) is 37.1 Å². The summed E-state index contributed by atoms with van der Waals surface area (Å²) in [4.78, 5) is 5.15. The maximum absolute atomic E-state index is 13.1. The fraction of sp³-hybridized carbons (Fsp3) is 0.667. The Bertz CT molecular complexity index is 425. The summed E-state index contributed by atoms with van der Waals surface area (Å²) in [6.45, 7) is 4.84. The number of likely N-dealkylation sites (tertiary alicyclic amines) is 1. The van der Waals surface area contributed by atoms with Crippen LogP contribution in [0.1, 0.15) is 44.9 Å². The summed E-state index contributed by atoms with van der Waals surface area (Å²) in [5, 5.41) is 0. The number of hydrogen-bond acceptors (Lipinski definition) is 2. The van der Waals surface area contributed by atoms with Gasteiger partial charge in [-0.3, -0.25) is 0 Å². The number of nitrogens with zero attached hydrogens (tertiary/aromatic N) is 2. The van der Waals surface area contributed by atoms with Crippen molar-refractivity contribution in [2.45, 2.75) is 51.0 Å². The van der Waals surface area contributed by atoms with Crippen molar-refractivity contribution in [3.05, 3.63) is 30.1 Å². The molecule has 1 aromatic carbocycles. The molecule has 2 aliphatic heterocycles. The van der Waals surface area contributed by atoms with Crippen molar-refractivity contribution in [2.24, 2.45) is 0 Å². The molecule has 2 aliphatic rings. The predicted molar refractivity (Wildman–Crippen MR) is 86.3 cm³/mol. The molecule has 3 rings (SSSR count). The third-order valence-corrected chi connectivity index (χ3v) is 5.03. The van der Waals surface area contributed by atoms with Crippen molar-refractivity contribution < 1.29 is 4.39 Å². The smallest absolute Gasteiger partial charge is 0.123 e. The highest BCUT2D eigenvalue weighted by Gasteiger charge is 2.22. The molecule has 0 bridgehead atoms. The maximum Gasteiger partial charge on any atom is 0.123 e. The van der Waals surface area contributed by atoms with E-state index >= 15 is 0 Å². The molecule has 2 heterocycles. The fourth-order valence-corrected chi connectivity index (χ4v) is 3.84. The van der Waals surface area contributed by atoms with Crippen molar-refractivity contribution in [1.29, 1.82) is 0 Å². The van der Waals surface area contributed by atoms with Gasteiger partial charge in [-0.25, -0.2) is 4.39 Å². The summed E-state index contributed by atoms with van der Waals surface area (Å²) in [5.41, 5.74) is 1.18. The zero-order chi connectivity index (χ0) is 14.5. The second-order valence-corrected chi connectivity index (χ2v) is 6.50. The molecule has 3 heteroatoms. The average Bonchev–Trinajstić information content (AvgIpc) is 3.05. The number of halogens is 1. The van der Waals surface area contributed by atoms with Crippen LogP contribution in [-0.2, 0) is 0 Å². The Kier molecular flexibility index (Phi) is 5.13. The van der Waals surface area contributed by atoms with E-state index in [1.54, 1.807) is 12.1 Å². The lowest BCUT2D eigenvalue weighted by Gasteiger charge is -2.27. The van der Waals surface area contributed by atoms with Crippen LogP contribution < -0.4 is 4.90 Å². The van der Waals surface area contributed by atoms with Crippen LogP contribution in [0.25, 0.3) is 0 Å². The SMILES string of the molecule is Fc1ccc(N2CCCCC(N3CCCC3)CCC2)cc1. The van der Waals surface area contributed by atoms with Gasteiger partial charge in [0, 0.05) is 24.8 Å². The Labute approximate surface area is 127 Å². The summed E-state index contributed by atoms with van der Waals surface area (Å²) in [6, 6.07) is 7.81. The van der Waals surface area contributed by atoms with E-state index < -0.39 is 0 Å². The van der Waals surface area contributed by atoms with Gasteiger partial charge in [-0.2, -0.15) is 0 Å². The fourth-order valence-electron chi connectivity index (χ4n) is 3.84. The van der Waals surface area contributed by atoms with Crippen molar-refractivity contribution in [3.8, 4) is 0 Å². The Balaban J connectivity index is 1.59. The minimum absolute atomic E-state index is 0.142.